The van der Waals surface area contributed by atoms with Gasteiger partial charge in [-0.2, -0.15) is 5.26 Å². The molecule has 0 amide bonds. The van der Waals surface area contributed by atoms with Gasteiger partial charge in [-0.25, -0.2) is 0 Å². The standard InChI is InChI=1S/C16H15N3O/c1-11-4-3-5-15(19-11)10-18-16-8-13(12(2)20)6-7-14(16)9-17/h3-8,18H,10H2,1-2H3. The van der Waals surface area contributed by atoms with Crippen molar-refractivity contribution in [2.75, 3.05) is 5.32 Å². The Morgan fingerprint density at radius 3 is 2.80 bits per heavy atom. The van der Waals surface area contributed by atoms with Crippen molar-refractivity contribution in [3.63, 3.8) is 0 Å². The third-order valence-corrected chi connectivity index (χ3v) is 2.95. The van der Waals surface area contributed by atoms with E-state index >= 15 is 0 Å². The highest BCUT2D eigenvalue weighted by molar-refractivity contribution is 5.95. The number of anilines is 1. The van der Waals surface area contributed by atoms with Crippen molar-refractivity contribution >= 4 is 11.5 Å². The van der Waals surface area contributed by atoms with Gasteiger partial charge in [0.25, 0.3) is 0 Å². The highest BCUT2D eigenvalue weighted by Crippen LogP contribution is 2.18. The van der Waals surface area contributed by atoms with Crippen LogP contribution in [0.2, 0.25) is 0 Å². The molecule has 1 heterocycles. The number of carbonyl (C=O) groups excluding carboxylic acids is 1. The summed E-state index contributed by atoms with van der Waals surface area (Å²) in [5, 5.41) is 12.3. The van der Waals surface area contributed by atoms with Crippen LogP contribution in [-0.4, -0.2) is 10.8 Å². The van der Waals surface area contributed by atoms with Crippen LogP contribution in [0.25, 0.3) is 0 Å². The summed E-state index contributed by atoms with van der Waals surface area (Å²) in [6.45, 7) is 3.95. The summed E-state index contributed by atoms with van der Waals surface area (Å²) >= 11 is 0. The zero-order valence-corrected chi connectivity index (χ0v) is 11.5. The third-order valence-electron chi connectivity index (χ3n) is 2.95. The van der Waals surface area contributed by atoms with Crippen molar-refractivity contribution in [3.8, 4) is 6.07 Å². The fourth-order valence-corrected chi connectivity index (χ4v) is 1.89. The Hall–Kier alpha value is -2.67. The number of hydrogen-bond donors (Lipinski definition) is 1. The van der Waals surface area contributed by atoms with Crippen molar-refractivity contribution in [2.45, 2.75) is 20.4 Å². The maximum Gasteiger partial charge on any atom is 0.159 e. The monoisotopic (exact) mass is 265 g/mol. The van der Waals surface area contributed by atoms with E-state index in [0.29, 0.717) is 23.4 Å². The molecule has 0 saturated heterocycles. The zero-order valence-electron chi connectivity index (χ0n) is 11.5. The number of benzene rings is 1. The number of aromatic nitrogens is 1. The first-order chi connectivity index (χ1) is 9.60. The van der Waals surface area contributed by atoms with Crippen molar-refractivity contribution in [1.82, 2.24) is 4.98 Å². The molecule has 0 bridgehead atoms. The second-order valence-electron chi connectivity index (χ2n) is 4.55. The van der Waals surface area contributed by atoms with Crippen LogP contribution >= 0.6 is 0 Å². The summed E-state index contributed by atoms with van der Waals surface area (Å²) < 4.78 is 0. The second-order valence-corrected chi connectivity index (χ2v) is 4.55. The number of Topliss-reactive ketones (excluding diaryl/α,β-unsaturated/α-hetero) is 1. The lowest BCUT2D eigenvalue weighted by Gasteiger charge is -2.09. The molecule has 2 aromatic rings. The van der Waals surface area contributed by atoms with Crippen molar-refractivity contribution in [3.05, 3.63) is 58.9 Å². The smallest absolute Gasteiger partial charge is 0.159 e. The predicted octanol–water partition coefficient (Wildman–Crippen LogP) is 3.08. The average Bonchev–Trinajstić information content (AvgIpc) is 2.44. The van der Waals surface area contributed by atoms with Gasteiger partial charge < -0.3 is 5.32 Å². The van der Waals surface area contributed by atoms with Crippen LogP contribution in [0.15, 0.2) is 36.4 Å². The second kappa shape index (κ2) is 5.98. The minimum atomic E-state index is -0.0220. The van der Waals surface area contributed by atoms with Gasteiger partial charge in [0.05, 0.1) is 23.5 Å². The zero-order chi connectivity index (χ0) is 14.5. The van der Waals surface area contributed by atoms with Crippen molar-refractivity contribution < 1.29 is 4.79 Å². The number of nitrogens with zero attached hydrogens (tertiary/aromatic N) is 2. The van der Waals surface area contributed by atoms with E-state index in [-0.39, 0.29) is 5.78 Å². The largest absolute Gasteiger partial charge is 0.378 e. The summed E-state index contributed by atoms with van der Waals surface area (Å²) in [5.41, 5.74) is 3.60. The molecular formula is C16H15N3O. The Labute approximate surface area is 118 Å². The molecule has 4 nitrogen and oxygen atoms in total. The Morgan fingerprint density at radius 1 is 1.35 bits per heavy atom. The highest BCUT2D eigenvalue weighted by Gasteiger charge is 2.06. The predicted molar refractivity (Wildman–Crippen MR) is 77.5 cm³/mol. The van der Waals surface area contributed by atoms with Gasteiger partial charge >= 0.3 is 0 Å². The molecule has 0 aliphatic heterocycles. The van der Waals surface area contributed by atoms with E-state index in [1.54, 1.807) is 18.2 Å². The van der Waals surface area contributed by atoms with Crippen LogP contribution in [0.1, 0.15) is 34.2 Å². The summed E-state index contributed by atoms with van der Waals surface area (Å²) in [5.74, 6) is -0.0220. The van der Waals surface area contributed by atoms with Crippen molar-refractivity contribution in [2.24, 2.45) is 0 Å². The number of pyridine rings is 1. The first-order valence-corrected chi connectivity index (χ1v) is 6.31. The SMILES string of the molecule is CC(=O)c1ccc(C#N)c(NCc2cccc(C)n2)c1. The minimum absolute atomic E-state index is 0.0220. The number of ketones is 1. The van der Waals surface area contributed by atoms with Gasteiger partial charge in [0.2, 0.25) is 0 Å². The number of rotatable bonds is 4. The fraction of sp³-hybridized carbons (Fsp3) is 0.188. The fourth-order valence-electron chi connectivity index (χ4n) is 1.89. The van der Waals surface area contributed by atoms with Crippen LogP contribution in [0.4, 0.5) is 5.69 Å². The molecule has 0 atom stereocenters. The number of aryl methyl sites for hydroxylation is 1. The molecule has 0 spiro atoms. The van der Waals surface area contributed by atoms with E-state index in [0.717, 1.165) is 11.4 Å². The molecule has 1 aromatic carbocycles. The lowest BCUT2D eigenvalue weighted by atomic mass is 10.1. The Bertz CT molecular complexity index is 686. The van der Waals surface area contributed by atoms with Gasteiger partial charge in [0.15, 0.2) is 5.78 Å². The lowest BCUT2D eigenvalue weighted by Crippen LogP contribution is -2.05. The maximum absolute atomic E-state index is 11.4. The van der Waals surface area contributed by atoms with Crippen LogP contribution < -0.4 is 5.32 Å². The van der Waals surface area contributed by atoms with Crippen LogP contribution in [-0.2, 0) is 6.54 Å². The molecule has 0 radical (unpaired) electrons. The quantitative estimate of drug-likeness (QED) is 0.863. The minimum Gasteiger partial charge on any atom is -0.378 e. The van der Waals surface area contributed by atoms with Gasteiger partial charge in [-0.05, 0) is 44.2 Å². The van der Waals surface area contributed by atoms with E-state index in [4.69, 9.17) is 5.26 Å². The van der Waals surface area contributed by atoms with Gasteiger partial charge in [-0.15, -0.1) is 0 Å². The molecule has 1 N–H and O–H groups in total. The lowest BCUT2D eigenvalue weighted by molar-refractivity contribution is 0.101. The van der Waals surface area contributed by atoms with Crippen LogP contribution in [0.5, 0.6) is 0 Å². The molecule has 2 rings (SSSR count). The molecule has 1 aromatic heterocycles. The Balaban J connectivity index is 2.22. The number of carbonyl (C=O) groups is 1. The van der Waals surface area contributed by atoms with E-state index in [9.17, 15) is 4.79 Å². The number of nitriles is 1. The van der Waals surface area contributed by atoms with E-state index in [1.807, 2.05) is 25.1 Å². The first-order valence-electron chi connectivity index (χ1n) is 6.31. The van der Waals surface area contributed by atoms with Crippen molar-refractivity contribution in [1.29, 1.82) is 5.26 Å². The molecule has 0 aliphatic rings. The van der Waals surface area contributed by atoms with E-state index in [1.165, 1.54) is 6.92 Å². The highest BCUT2D eigenvalue weighted by atomic mass is 16.1. The average molecular weight is 265 g/mol. The number of nitrogens with one attached hydrogen (secondary N) is 1. The summed E-state index contributed by atoms with van der Waals surface area (Å²) in [6, 6.07) is 12.9. The van der Waals surface area contributed by atoms with Gasteiger partial charge in [-0.1, -0.05) is 6.07 Å². The normalized spacial score (nSPS) is 9.85. The van der Waals surface area contributed by atoms with Gasteiger partial charge in [-0.3, -0.25) is 9.78 Å². The van der Waals surface area contributed by atoms with E-state index in [2.05, 4.69) is 16.4 Å². The first kappa shape index (κ1) is 13.8. The van der Waals surface area contributed by atoms with Crippen LogP contribution in [0.3, 0.4) is 0 Å². The van der Waals surface area contributed by atoms with Gasteiger partial charge in [0.1, 0.15) is 6.07 Å². The molecule has 100 valence electrons. The van der Waals surface area contributed by atoms with E-state index < -0.39 is 0 Å². The summed E-state index contributed by atoms with van der Waals surface area (Å²) in [6.07, 6.45) is 0. The number of hydrogen-bond acceptors (Lipinski definition) is 4. The molecule has 20 heavy (non-hydrogen) atoms. The Kier molecular flexibility index (Phi) is 4.11. The summed E-state index contributed by atoms with van der Waals surface area (Å²) in [7, 11) is 0. The molecule has 0 fully saturated rings. The summed E-state index contributed by atoms with van der Waals surface area (Å²) in [4.78, 5) is 15.8. The maximum atomic E-state index is 11.4. The van der Waals surface area contributed by atoms with Crippen LogP contribution in [0, 0.1) is 18.3 Å². The third kappa shape index (κ3) is 3.21. The Morgan fingerprint density at radius 2 is 2.15 bits per heavy atom. The molecule has 0 saturated carbocycles. The topological polar surface area (TPSA) is 65.8 Å². The molecule has 4 heteroatoms. The molecule has 0 unspecified atom stereocenters. The van der Waals surface area contributed by atoms with Gasteiger partial charge in [0, 0.05) is 11.3 Å². The molecule has 0 aliphatic carbocycles. The molecular weight excluding hydrogens is 250 g/mol.